The molecule has 0 N–H and O–H groups in total. The summed E-state index contributed by atoms with van der Waals surface area (Å²) < 4.78 is 0. The van der Waals surface area contributed by atoms with Crippen molar-refractivity contribution in [2.75, 3.05) is 0 Å². The second-order valence-electron chi connectivity index (χ2n) is 5.00. The Morgan fingerprint density at radius 3 is 1.64 bits per heavy atom. The second kappa shape index (κ2) is 6.48. The van der Waals surface area contributed by atoms with Crippen molar-refractivity contribution in [3.05, 3.63) is 0 Å². The summed E-state index contributed by atoms with van der Waals surface area (Å²) in [5.74, 6) is 1.75. The Balaban J connectivity index is 4.79. The number of rotatable bonds is 7. The van der Waals surface area contributed by atoms with Crippen LogP contribution in [-0.2, 0) is 0 Å². The van der Waals surface area contributed by atoms with E-state index >= 15 is 0 Å². The van der Waals surface area contributed by atoms with E-state index in [1.165, 1.54) is 32.1 Å². The van der Waals surface area contributed by atoms with Gasteiger partial charge in [-0.3, -0.25) is 0 Å². The molecular formula is C14H30. The summed E-state index contributed by atoms with van der Waals surface area (Å²) in [5, 5.41) is 0. The first kappa shape index (κ1) is 14.0. The van der Waals surface area contributed by atoms with Crippen LogP contribution in [-0.4, -0.2) is 0 Å². The predicted octanol–water partition coefficient (Wildman–Crippen LogP) is 5.28. The lowest BCUT2D eigenvalue weighted by Gasteiger charge is -2.43. The zero-order valence-corrected chi connectivity index (χ0v) is 11.2. The van der Waals surface area contributed by atoms with Crippen molar-refractivity contribution in [3.8, 4) is 0 Å². The average molecular weight is 198 g/mol. The minimum Gasteiger partial charge on any atom is -0.0654 e. The van der Waals surface area contributed by atoms with Gasteiger partial charge in [0, 0.05) is 0 Å². The summed E-state index contributed by atoms with van der Waals surface area (Å²) in [4.78, 5) is 0. The fraction of sp³-hybridized carbons (Fsp3) is 1.00. The molecule has 0 aromatic heterocycles. The minimum absolute atomic E-state index is 0.609. The Morgan fingerprint density at radius 1 is 0.929 bits per heavy atom. The number of hydrogen-bond acceptors (Lipinski definition) is 0. The van der Waals surface area contributed by atoms with Gasteiger partial charge in [-0.1, -0.05) is 60.8 Å². The van der Waals surface area contributed by atoms with Gasteiger partial charge < -0.3 is 0 Å². The highest BCUT2D eigenvalue weighted by Gasteiger charge is 2.36. The maximum absolute atomic E-state index is 2.41. The van der Waals surface area contributed by atoms with Gasteiger partial charge >= 0.3 is 0 Å². The van der Waals surface area contributed by atoms with Gasteiger partial charge in [0.25, 0.3) is 0 Å². The van der Waals surface area contributed by atoms with E-state index in [9.17, 15) is 0 Å². The van der Waals surface area contributed by atoms with Crippen molar-refractivity contribution in [1.82, 2.24) is 0 Å². The normalized spacial score (nSPS) is 16.3. The first-order valence-electron chi connectivity index (χ1n) is 6.58. The van der Waals surface area contributed by atoms with E-state index in [0.717, 1.165) is 11.8 Å². The largest absolute Gasteiger partial charge is 0.0654 e. The van der Waals surface area contributed by atoms with Gasteiger partial charge in [-0.05, 0) is 30.1 Å². The topological polar surface area (TPSA) is 0 Å². The van der Waals surface area contributed by atoms with Crippen LogP contribution in [0.2, 0.25) is 0 Å². The second-order valence-corrected chi connectivity index (χ2v) is 5.00. The van der Waals surface area contributed by atoms with Crippen molar-refractivity contribution in [2.24, 2.45) is 17.3 Å². The van der Waals surface area contributed by atoms with E-state index in [2.05, 4.69) is 41.5 Å². The van der Waals surface area contributed by atoms with Gasteiger partial charge in [0.1, 0.15) is 0 Å². The Hall–Kier alpha value is 0. The van der Waals surface area contributed by atoms with Gasteiger partial charge in [-0.15, -0.1) is 0 Å². The molecule has 0 aromatic rings. The lowest BCUT2D eigenvalue weighted by atomic mass is 9.62. The maximum Gasteiger partial charge on any atom is -0.0249 e. The Morgan fingerprint density at radius 2 is 1.43 bits per heavy atom. The third kappa shape index (κ3) is 2.74. The van der Waals surface area contributed by atoms with Crippen LogP contribution >= 0.6 is 0 Å². The maximum atomic E-state index is 2.41. The third-order valence-electron chi connectivity index (χ3n) is 4.32. The van der Waals surface area contributed by atoms with Gasteiger partial charge in [-0.2, -0.15) is 0 Å². The average Bonchev–Trinajstić information content (AvgIpc) is 2.17. The quantitative estimate of drug-likeness (QED) is 0.522. The first-order valence-corrected chi connectivity index (χ1v) is 6.58. The van der Waals surface area contributed by atoms with Crippen molar-refractivity contribution in [3.63, 3.8) is 0 Å². The monoisotopic (exact) mass is 198 g/mol. The van der Waals surface area contributed by atoms with E-state index in [1.807, 2.05) is 0 Å². The molecule has 0 heterocycles. The molecule has 1 unspecified atom stereocenters. The zero-order chi connectivity index (χ0) is 11.2. The zero-order valence-electron chi connectivity index (χ0n) is 11.2. The first-order chi connectivity index (χ1) is 6.58. The molecule has 86 valence electrons. The van der Waals surface area contributed by atoms with E-state index in [4.69, 9.17) is 0 Å². The number of hydrogen-bond donors (Lipinski definition) is 0. The molecule has 0 aliphatic carbocycles. The summed E-state index contributed by atoms with van der Waals surface area (Å²) >= 11 is 0. The van der Waals surface area contributed by atoms with Crippen LogP contribution in [0.1, 0.15) is 73.6 Å². The van der Waals surface area contributed by atoms with Crippen molar-refractivity contribution < 1.29 is 0 Å². The van der Waals surface area contributed by atoms with Crippen molar-refractivity contribution in [2.45, 2.75) is 73.6 Å². The fourth-order valence-electron chi connectivity index (χ4n) is 3.41. The summed E-state index contributed by atoms with van der Waals surface area (Å²) in [6.07, 6.45) is 6.80. The molecule has 0 aliphatic heterocycles. The molecule has 0 saturated carbocycles. The highest BCUT2D eigenvalue weighted by Crippen LogP contribution is 2.46. The van der Waals surface area contributed by atoms with Gasteiger partial charge in [0.15, 0.2) is 0 Å². The molecule has 0 bridgehead atoms. The van der Waals surface area contributed by atoms with Crippen molar-refractivity contribution in [1.29, 1.82) is 0 Å². The van der Waals surface area contributed by atoms with E-state index in [0.29, 0.717) is 5.41 Å². The molecular weight excluding hydrogens is 168 g/mol. The summed E-state index contributed by atoms with van der Waals surface area (Å²) in [5.41, 5.74) is 0.609. The van der Waals surface area contributed by atoms with Crippen LogP contribution in [0.3, 0.4) is 0 Å². The van der Waals surface area contributed by atoms with Gasteiger partial charge in [0.2, 0.25) is 0 Å². The van der Waals surface area contributed by atoms with Crippen molar-refractivity contribution >= 4 is 0 Å². The highest BCUT2D eigenvalue weighted by molar-refractivity contribution is 4.86. The lowest BCUT2D eigenvalue weighted by molar-refractivity contribution is 0.0633. The molecule has 0 heteroatoms. The highest BCUT2D eigenvalue weighted by atomic mass is 14.4. The van der Waals surface area contributed by atoms with Crippen LogP contribution in [0.5, 0.6) is 0 Å². The molecule has 0 fully saturated rings. The standard InChI is InChI=1S/C14H30/c1-7-11-14(10-4,12(5)6)13(8-2)9-3/h12-13H,7-11H2,1-6H3. The van der Waals surface area contributed by atoms with Crippen LogP contribution < -0.4 is 0 Å². The Labute approximate surface area is 91.5 Å². The minimum atomic E-state index is 0.609. The molecule has 0 aliphatic rings. The SMILES string of the molecule is CCCC(CC)(C(C)C)C(CC)CC. The van der Waals surface area contributed by atoms with Crippen LogP contribution in [0.15, 0.2) is 0 Å². The predicted molar refractivity (Wildman–Crippen MR) is 66.5 cm³/mol. The fourth-order valence-corrected chi connectivity index (χ4v) is 3.41. The van der Waals surface area contributed by atoms with E-state index in [1.54, 1.807) is 0 Å². The molecule has 0 amide bonds. The third-order valence-corrected chi connectivity index (χ3v) is 4.32. The van der Waals surface area contributed by atoms with Gasteiger partial charge in [-0.25, -0.2) is 0 Å². The molecule has 14 heavy (non-hydrogen) atoms. The van der Waals surface area contributed by atoms with E-state index < -0.39 is 0 Å². The van der Waals surface area contributed by atoms with Crippen LogP contribution in [0.4, 0.5) is 0 Å². The molecule has 0 rings (SSSR count). The van der Waals surface area contributed by atoms with Crippen LogP contribution in [0.25, 0.3) is 0 Å². The molecule has 0 saturated heterocycles. The lowest BCUT2D eigenvalue weighted by Crippen LogP contribution is -2.34. The molecule has 0 aromatic carbocycles. The van der Waals surface area contributed by atoms with Crippen LogP contribution in [0, 0.1) is 17.3 Å². The van der Waals surface area contributed by atoms with E-state index in [-0.39, 0.29) is 0 Å². The smallest absolute Gasteiger partial charge is 0.0249 e. The Kier molecular flexibility index (Phi) is 6.48. The molecule has 0 radical (unpaired) electrons. The molecule has 0 nitrogen and oxygen atoms in total. The van der Waals surface area contributed by atoms with Gasteiger partial charge in [0.05, 0.1) is 0 Å². The summed E-state index contributed by atoms with van der Waals surface area (Å²) in [7, 11) is 0. The summed E-state index contributed by atoms with van der Waals surface area (Å²) in [6.45, 7) is 14.3. The Bertz CT molecular complexity index is 133. The molecule has 0 spiro atoms. The molecule has 1 atom stereocenters. The summed E-state index contributed by atoms with van der Waals surface area (Å²) in [6, 6.07) is 0.